The number of unbranched alkanes of at least 4 members (excludes halogenated alkanes) is 8. The molecule has 0 spiro atoms. The number of carbonyl (C=O) groups excluding carboxylic acids is 1. The highest BCUT2D eigenvalue weighted by molar-refractivity contribution is 5.68. The fourth-order valence-corrected chi connectivity index (χ4v) is 7.14. The van der Waals surface area contributed by atoms with E-state index < -0.39 is 143 Å². The Morgan fingerprint density at radius 1 is 0.448 bits per heavy atom. The fraction of sp³-hybridized carbons (Fsp3) is 0.972. The van der Waals surface area contributed by atoms with E-state index in [-0.39, 0.29) is 12.6 Å². The van der Waals surface area contributed by atoms with E-state index in [4.69, 9.17) is 37.9 Å². The van der Waals surface area contributed by atoms with Gasteiger partial charge in [-0.05, 0) is 12.8 Å². The first-order chi connectivity index (χ1) is 27.7. The van der Waals surface area contributed by atoms with E-state index in [1.807, 2.05) is 0 Å². The molecule has 0 unspecified atom stereocenters. The number of ether oxygens (including phenoxy) is 9. The summed E-state index contributed by atoms with van der Waals surface area (Å²) in [7, 11) is 1.38. The molecule has 22 heteroatoms. The summed E-state index contributed by atoms with van der Waals surface area (Å²) in [6, 6.07) is 0. The van der Waals surface area contributed by atoms with Gasteiger partial charge in [0.25, 0.3) is 0 Å². The Labute approximate surface area is 335 Å². The van der Waals surface area contributed by atoms with Gasteiger partial charge in [0.05, 0.1) is 33.5 Å². The van der Waals surface area contributed by atoms with Crippen molar-refractivity contribution in [1.29, 1.82) is 0 Å². The van der Waals surface area contributed by atoms with Crippen molar-refractivity contribution in [3.05, 3.63) is 0 Å². The summed E-state index contributed by atoms with van der Waals surface area (Å²) < 4.78 is 49.7. The standard InChI is InChI=1S/C36H64O22/c1-50-21(39)11-9-7-5-3-2-4-6-8-10-12-51-33-30(48)27(45)24(42)19(56-33)16-53-36-32(58-35-29(47)23(41)18(14-38)55-35)28(46)25(43)20(57-36)15-52-34-31(49)26(44)22(40)17(13-37)54-34/h17-20,22-38,40-49H,2-16H2,1H3/t17-,18+,19-,20-,22+,23+,24+,25+,26+,27+,28+,29-,30-,31-,32-,33-,34-,35+,36-/m1/s1. The molecule has 0 aliphatic carbocycles. The first-order valence-corrected chi connectivity index (χ1v) is 19.9. The molecule has 0 saturated carbocycles. The first-order valence-electron chi connectivity index (χ1n) is 19.9. The van der Waals surface area contributed by atoms with Crippen molar-refractivity contribution in [2.45, 2.75) is 181 Å². The second-order valence-corrected chi connectivity index (χ2v) is 15.1. The molecule has 4 rings (SSSR count). The van der Waals surface area contributed by atoms with Crippen molar-refractivity contribution in [1.82, 2.24) is 0 Å². The van der Waals surface area contributed by atoms with Crippen LogP contribution in [0.15, 0.2) is 0 Å². The van der Waals surface area contributed by atoms with E-state index in [0.29, 0.717) is 12.8 Å². The Bertz CT molecular complexity index is 1170. The SMILES string of the molecule is COC(=O)CCCCCCCCCCCO[C@@H]1O[C@H](CO[C@@H]2O[C@H](CO[C@@H]3O[C@H](CO)[C@H](O)[C@H](O)[C@H]3O)[C@H](O)[C@H](O)[C@H]2O[C@@H]2O[C@@H](CO)[C@H](O)[C@H]2O)[C@H](O)[C@H](O)[C@H]1O. The molecule has 0 aromatic rings. The van der Waals surface area contributed by atoms with Crippen LogP contribution in [0.1, 0.15) is 64.2 Å². The van der Waals surface area contributed by atoms with E-state index in [1.54, 1.807) is 0 Å². The molecular weight excluding hydrogens is 784 g/mol. The van der Waals surface area contributed by atoms with Crippen molar-refractivity contribution in [3.8, 4) is 0 Å². The number of rotatable bonds is 23. The maximum absolute atomic E-state index is 11.2. The van der Waals surface area contributed by atoms with E-state index in [2.05, 4.69) is 4.74 Å². The van der Waals surface area contributed by atoms with Gasteiger partial charge in [-0.15, -0.1) is 0 Å². The van der Waals surface area contributed by atoms with Gasteiger partial charge in [-0.3, -0.25) is 4.79 Å². The van der Waals surface area contributed by atoms with Crippen LogP contribution in [0.25, 0.3) is 0 Å². The lowest BCUT2D eigenvalue weighted by molar-refractivity contribution is -0.359. The van der Waals surface area contributed by atoms with Gasteiger partial charge >= 0.3 is 5.97 Å². The minimum Gasteiger partial charge on any atom is -0.469 e. The van der Waals surface area contributed by atoms with Gasteiger partial charge in [-0.2, -0.15) is 0 Å². The lowest BCUT2D eigenvalue weighted by atomic mass is 9.97. The minimum absolute atomic E-state index is 0.165. The predicted octanol–water partition coefficient (Wildman–Crippen LogP) is -5.01. The topological polar surface area (TPSA) is 343 Å². The quantitative estimate of drug-likeness (QED) is 0.0338. The van der Waals surface area contributed by atoms with Crippen LogP contribution in [0.2, 0.25) is 0 Å². The molecule has 58 heavy (non-hydrogen) atoms. The predicted molar refractivity (Wildman–Crippen MR) is 190 cm³/mol. The molecule has 0 aromatic heterocycles. The van der Waals surface area contributed by atoms with E-state index in [0.717, 1.165) is 51.4 Å². The highest BCUT2D eigenvalue weighted by Crippen LogP contribution is 2.32. The molecule has 4 aliphatic heterocycles. The van der Waals surface area contributed by atoms with Crippen molar-refractivity contribution >= 4 is 5.97 Å². The molecule has 4 aliphatic rings. The number of esters is 1. The van der Waals surface area contributed by atoms with Gasteiger partial charge in [0.1, 0.15) is 91.6 Å². The number of hydrogen-bond donors (Lipinski definition) is 12. The smallest absolute Gasteiger partial charge is 0.305 e. The summed E-state index contributed by atoms with van der Waals surface area (Å²) in [6.45, 7) is -2.52. The molecule has 0 aromatic carbocycles. The Morgan fingerprint density at radius 2 is 0.845 bits per heavy atom. The first kappa shape index (κ1) is 49.3. The van der Waals surface area contributed by atoms with Gasteiger partial charge in [0.15, 0.2) is 25.2 Å². The Hall–Kier alpha value is -1.33. The largest absolute Gasteiger partial charge is 0.469 e. The van der Waals surface area contributed by atoms with Crippen molar-refractivity contribution in [2.24, 2.45) is 0 Å². The van der Waals surface area contributed by atoms with Gasteiger partial charge in [0.2, 0.25) is 0 Å². The lowest BCUT2D eigenvalue weighted by Crippen LogP contribution is -2.63. The number of methoxy groups -OCH3 is 1. The van der Waals surface area contributed by atoms with Crippen LogP contribution < -0.4 is 0 Å². The number of aliphatic hydroxyl groups excluding tert-OH is 12. The molecular formula is C36H64O22. The van der Waals surface area contributed by atoms with Crippen LogP contribution in [0.4, 0.5) is 0 Å². The molecule has 12 N–H and O–H groups in total. The van der Waals surface area contributed by atoms with E-state index >= 15 is 0 Å². The molecule has 4 heterocycles. The van der Waals surface area contributed by atoms with Gasteiger partial charge in [-0.1, -0.05) is 44.9 Å². The highest BCUT2D eigenvalue weighted by Gasteiger charge is 2.53. The molecule has 19 atom stereocenters. The maximum atomic E-state index is 11.2. The summed E-state index contributed by atoms with van der Waals surface area (Å²) in [4.78, 5) is 11.2. The molecule has 340 valence electrons. The third-order valence-electron chi connectivity index (χ3n) is 10.8. The van der Waals surface area contributed by atoms with Crippen LogP contribution >= 0.6 is 0 Å². The van der Waals surface area contributed by atoms with E-state index in [9.17, 15) is 66.1 Å². The Kier molecular flexibility index (Phi) is 20.7. The molecule has 22 nitrogen and oxygen atoms in total. The number of aliphatic hydroxyl groups is 12. The van der Waals surface area contributed by atoms with Crippen LogP contribution in [-0.2, 0) is 47.4 Å². The summed E-state index contributed by atoms with van der Waals surface area (Å²) in [6.07, 6.45) is -22.1. The molecule has 0 bridgehead atoms. The monoisotopic (exact) mass is 848 g/mol. The average molecular weight is 849 g/mol. The maximum Gasteiger partial charge on any atom is 0.305 e. The average Bonchev–Trinajstić information content (AvgIpc) is 3.49. The minimum atomic E-state index is -1.90. The zero-order chi connectivity index (χ0) is 42.5. The molecule has 0 amide bonds. The zero-order valence-corrected chi connectivity index (χ0v) is 32.5. The molecule has 4 fully saturated rings. The molecule has 0 radical (unpaired) electrons. The highest BCUT2D eigenvalue weighted by atomic mass is 16.8. The summed E-state index contributed by atoms with van der Waals surface area (Å²) in [5, 5.41) is 125. The zero-order valence-electron chi connectivity index (χ0n) is 32.5. The fourth-order valence-electron chi connectivity index (χ4n) is 7.14. The normalized spacial score (nSPS) is 42.1. The summed E-state index contributed by atoms with van der Waals surface area (Å²) in [5.41, 5.74) is 0. The third-order valence-corrected chi connectivity index (χ3v) is 10.8. The van der Waals surface area contributed by atoms with Crippen molar-refractivity contribution in [3.63, 3.8) is 0 Å². The Morgan fingerprint density at radius 3 is 1.40 bits per heavy atom. The third kappa shape index (κ3) is 13.1. The summed E-state index contributed by atoms with van der Waals surface area (Å²) >= 11 is 0. The summed E-state index contributed by atoms with van der Waals surface area (Å²) in [5.74, 6) is -0.201. The van der Waals surface area contributed by atoms with Crippen molar-refractivity contribution < 1.29 is 109 Å². The number of carbonyl (C=O) groups is 1. The van der Waals surface area contributed by atoms with Crippen LogP contribution in [0.3, 0.4) is 0 Å². The van der Waals surface area contributed by atoms with Gasteiger partial charge < -0.3 is 104 Å². The van der Waals surface area contributed by atoms with Crippen LogP contribution in [0.5, 0.6) is 0 Å². The Balaban J connectivity index is 1.32. The lowest BCUT2D eigenvalue weighted by Gasteiger charge is -2.45. The second-order valence-electron chi connectivity index (χ2n) is 15.1. The van der Waals surface area contributed by atoms with Crippen molar-refractivity contribution in [2.75, 3.05) is 40.1 Å². The number of hydrogen-bond acceptors (Lipinski definition) is 22. The second kappa shape index (κ2) is 24.3. The van der Waals surface area contributed by atoms with E-state index in [1.165, 1.54) is 7.11 Å². The van der Waals surface area contributed by atoms with Crippen LogP contribution in [-0.4, -0.2) is 224 Å². The van der Waals surface area contributed by atoms with Crippen LogP contribution in [0, 0.1) is 0 Å². The molecule has 4 saturated heterocycles. The van der Waals surface area contributed by atoms with Gasteiger partial charge in [0, 0.05) is 13.0 Å². The van der Waals surface area contributed by atoms with Gasteiger partial charge in [-0.25, -0.2) is 0 Å².